The Labute approximate surface area is 145 Å². The van der Waals surface area contributed by atoms with Crippen LogP contribution in [0.2, 0.25) is 0 Å². The Bertz CT molecular complexity index is 735. The van der Waals surface area contributed by atoms with Crippen LogP contribution >= 0.6 is 0 Å². The van der Waals surface area contributed by atoms with E-state index in [0.717, 1.165) is 11.1 Å². The standard InChI is InChI=1S/C18H22FN3O3/c1-10-7-13-11(2)9-22(6-5-12(13)8-14(10)19)16(23)4-3-15-17(24)21-18(25)20-15/h7-8,11,15H,3-6,9H2,1-2H3,(H2,20,21,24,25). The molecule has 6 nitrogen and oxygen atoms in total. The second kappa shape index (κ2) is 6.82. The van der Waals surface area contributed by atoms with E-state index in [1.165, 1.54) is 0 Å². The molecule has 2 aliphatic rings. The van der Waals surface area contributed by atoms with Gasteiger partial charge in [-0.05, 0) is 48.4 Å². The van der Waals surface area contributed by atoms with Crippen LogP contribution in [0.1, 0.15) is 42.4 Å². The molecule has 2 unspecified atom stereocenters. The van der Waals surface area contributed by atoms with Gasteiger partial charge in [-0.2, -0.15) is 0 Å². The summed E-state index contributed by atoms with van der Waals surface area (Å²) in [5.74, 6) is -0.532. The highest BCUT2D eigenvalue weighted by Crippen LogP contribution is 2.28. The number of nitrogens with one attached hydrogen (secondary N) is 2. The maximum atomic E-state index is 13.8. The van der Waals surface area contributed by atoms with E-state index in [0.29, 0.717) is 25.1 Å². The number of fused-ring (bicyclic) bond motifs is 1. The van der Waals surface area contributed by atoms with Crippen molar-refractivity contribution in [3.8, 4) is 0 Å². The third-order valence-corrected chi connectivity index (χ3v) is 4.95. The normalized spacial score (nSPS) is 22.9. The Morgan fingerprint density at radius 3 is 2.80 bits per heavy atom. The number of hydrogen-bond acceptors (Lipinski definition) is 3. The molecule has 4 amide bonds. The molecule has 0 radical (unpaired) electrons. The molecule has 2 atom stereocenters. The average Bonchev–Trinajstić information content (AvgIpc) is 2.79. The van der Waals surface area contributed by atoms with Gasteiger partial charge in [0.2, 0.25) is 5.91 Å². The zero-order valence-electron chi connectivity index (χ0n) is 14.4. The summed E-state index contributed by atoms with van der Waals surface area (Å²) in [5.41, 5.74) is 2.67. The fraction of sp³-hybridized carbons (Fsp3) is 0.500. The number of benzene rings is 1. The van der Waals surface area contributed by atoms with Crippen molar-refractivity contribution in [3.63, 3.8) is 0 Å². The fourth-order valence-corrected chi connectivity index (χ4v) is 3.51. The molecule has 2 N–H and O–H groups in total. The first kappa shape index (κ1) is 17.4. The lowest BCUT2D eigenvalue weighted by molar-refractivity contribution is -0.131. The van der Waals surface area contributed by atoms with E-state index in [9.17, 15) is 18.8 Å². The minimum atomic E-state index is -0.644. The summed E-state index contributed by atoms with van der Waals surface area (Å²) < 4.78 is 13.8. The molecule has 2 heterocycles. The summed E-state index contributed by atoms with van der Waals surface area (Å²) >= 11 is 0. The number of halogens is 1. The monoisotopic (exact) mass is 347 g/mol. The molecule has 1 saturated heterocycles. The van der Waals surface area contributed by atoms with Crippen molar-refractivity contribution in [1.29, 1.82) is 0 Å². The molecule has 7 heteroatoms. The minimum absolute atomic E-state index is 0.0502. The molecular weight excluding hydrogens is 325 g/mol. The van der Waals surface area contributed by atoms with Crippen molar-refractivity contribution in [2.45, 2.75) is 45.1 Å². The van der Waals surface area contributed by atoms with Gasteiger partial charge in [0.25, 0.3) is 5.91 Å². The maximum absolute atomic E-state index is 13.8. The van der Waals surface area contributed by atoms with E-state index in [-0.39, 0.29) is 36.4 Å². The van der Waals surface area contributed by atoms with Crippen LogP contribution in [-0.4, -0.2) is 41.9 Å². The second-order valence-corrected chi connectivity index (χ2v) is 6.84. The molecule has 1 aromatic rings. The first-order valence-corrected chi connectivity index (χ1v) is 8.53. The van der Waals surface area contributed by atoms with Gasteiger partial charge >= 0.3 is 6.03 Å². The number of aryl methyl sites for hydroxylation is 1. The predicted octanol–water partition coefficient (Wildman–Crippen LogP) is 1.61. The molecule has 1 aromatic carbocycles. The van der Waals surface area contributed by atoms with Crippen LogP contribution in [-0.2, 0) is 16.0 Å². The fourth-order valence-electron chi connectivity index (χ4n) is 3.51. The lowest BCUT2D eigenvalue weighted by Crippen LogP contribution is -2.36. The third-order valence-electron chi connectivity index (χ3n) is 4.95. The number of nitrogens with zero attached hydrogens (tertiary/aromatic N) is 1. The molecule has 1 fully saturated rings. The lowest BCUT2D eigenvalue weighted by atomic mass is 9.93. The molecule has 3 rings (SSSR count). The third kappa shape index (κ3) is 3.65. The van der Waals surface area contributed by atoms with Crippen molar-refractivity contribution in [1.82, 2.24) is 15.5 Å². The van der Waals surface area contributed by atoms with Crippen LogP contribution < -0.4 is 10.6 Å². The van der Waals surface area contributed by atoms with Crippen molar-refractivity contribution >= 4 is 17.8 Å². The van der Waals surface area contributed by atoms with Gasteiger partial charge in [0, 0.05) is 19.5 Å². The molecule has 25 heavy (non-hydrogen) atoms. The van der Waals surface area contributed by atoms with Gasteiger partial charge in [-0.25, -0.2) is 9.18 Å². The Morgan fingerprint density at radius 2 is 2.12 bits per heavy atom. The molecule has 2 aliphatic heterocycles. The molecule has 0 saturated carbocycles. The van der Waals surface area contributed by atoms with E-state index < -0.39 is 12.1 Å². The number of amides is 4. The summed E-state index contributed by atoms with van der Waals surface area (Å²) in [6.45, 7) is 4.88. The van der Waals surface area contributed by atoms with Crippen molar-refractivity contribution in [2.24, 2.45) is 0 Å². The zero-order chi connectivity index (χ0) is 18.1. The van der Waals surface area contributed by atoms with Crippen molar-refractivity contribution < 1.29 is 18.8 Å². The summed E-state index contributed by atoms with van der Waals surface area (Å²) in [6.07, 6.45) is 1.08. The topological polar surface area (TPSA) is 78.5 Å². The van der Waals surface area contributed by atoms with Gasteiger partial charge in [-0.1, -0.05) is 13.0 Å². The summed E-state index contributed by atoms with van der Waals surface area (Å²) in [7, 11) is 0. The van der Waals surface area contributed by atoms with E-state index in [4.69, 9.17) is 0 Å². The van der Waals surface area contributed by atoms with Gasteiger partial charge in [-0.15, -0.1) is 0 Å². The molecule has 0 bridgehead atoms. The first-order valence-electron chi connectivity index (χ1n) is 8.53. The Kier molecular flexibility index (Phi) is 4.74. The summed E-state index contributed by atoms with van der Waals surface area (Å²) in [6, 6.07) is 2.29. The summed E-state index contributed by atoms with van der Waals surface area (Å²) in [5, 5.41) is 4.66. The van der Waals surface area contributed by atoms with Gasteiger partial charge in [0.1, 0.15) is 11.9 Å². The Hall–Kier alpha value is -2.44. The van der Waals surface area contributed by atoms with Gasteiger partial charge in [0.05, 0.1) is 0 Å². The average molecular weight is 347 g/mol. The Balaban J connectivity index is 1.63. The van der Waals surface area contributed by atoms with Crippen LogP contribution in [0.3, 0.4) is 0 Å². The molecule has 0 aromatic heterocycles. The number of imide groups is 1. The van der Waals surface area contributed by atoms with Crippen molar-refractivity contribution in [2.75, 3.05) is 13.1 Å². The number of carbonyl (C=O) groups excluding carboxylic acids is 3. The highest BCUT2D eigenvalue weighted by atomic mass is 19.1. The molecule has 134 valence electrons. The van der Waals surface area contributed by atoms with Crippen LogP contribution in [0, 0.1) is 12.7 Å². The lowest BCUT2D eigenvalue weighted by Gasteiger charge is -2.23. The van der Waals surface area contributed by atoms with Crippen LogP contribution in [0.5, 0.6) is 0 Å². The van der Waals surface area contributed by atoms with E-state index >= 15 is 0 Å². The van der Waals surface area contributed by atoms with Crippen molar-refractivity contribution in [3.05, 3.63) is 34.6 Å². The smallest absolute Gasteiger partial charge is 0.322 e. The highest BCUT2D eigenvalue weighted by Gasteiger charge is 2.31. The van der Waals surface area contributed by atoms with Crippen LogP contribution in [0.15, 0.2) is 12.1 Å². The maximum Gasteiger partial charge on any atom is 0.322 e. The molecule has 0 spiro atoms. The number of rotatable bonds is 3. The molecule has 0 aliphatic carbocycles. The van der Waals surface area contributed by atoms with Crippen LogP contribution in [0.25, 0.3) is 0 Å². The SMILES string of the molecule is Cc1cc2c(cc1F)CCN(C(=O)CCC1NC(=O)NC1=O)CC2C. The number of urea groups is 1. The largest absolute Gasteiger partial charge is 0.342 e. The summed E-state index contributed by atoms with van der Waals surface area (Å²) in [4.78, 5) is 37.0. The predicted molar refractivity (Wildman–Crippen MR) is 89.5 cm³/mol. The first-order chi connectivity index (χ1) is 11.8. The van der Waals surface area contributed by atoms with Gasteiger partial charge in [0.15, 0.2) is 0 Å². The Morgan fingerprint density at radius 1 is 1.36 bits per heavy atom. The minimum Gasteiger partial charge on any atom is -0.342 e. The number of hydrogen-bond donors (Lipinski definition) is 2. The van der Waals surface area contributed by atoms with Gasteiger partial charge < -0.3 is 10.2 Å². The van der Waals surface area contributed by atoms with Crippen LogP contribution in [0.4, 0.5) is 9.18 Å². The highest BCUT2D eigenvalue weighted by molar-refractivity contribution is 6.04. The molecular formula is C18H22FN3O3. The number of carbonyl (C=O) groups is 3. The van der Waals surface area contributed by atoms with E-state index in [1.807, 2.05) is 13.0 Å². The quantitative estimate of drug-likeness (QED) is 0.816. The second-order valence-electron chi connectivity index (χ2n) is 6.84. The van der Waals surface area contributed by atoms with Gasteiger partial charge in [-0.3, -0.25) is 14.9 Å². The van der Waals surface area contributed by atoms with E-state index in [2.05, 4.69) is 10.6 Å². The van der Waals surface area contributed by atoms with E-state index in [1.54, 1.807) is 17.9 Å². The zero-order valence-corrected chi connectivity index (χ0v) is 14.4.